The minimum absolute atomic E-state index is 0.0737. The highest BCUT2D eigenvalue weighted by atomic mass is 79.9. The van der Waals surface area contributed by atoms with Gasteiger partial charge in [0.1, 0.15) is 0 Å². The largest absolute Gasteiger partial charge is 0.466 e. The molecule has 1 aliphatic rings. The van der Waals surface area contributed by atoms with Gasteiger partial charge in [-0.2, -0.15) is 0 Å². The van der Waals surface area contributed by atoms with Crippen molar-refractivity contribution >= 4 is 44.4 Å². The Hall–Kier alpha value is -3.02. The molecule has 1 fully saturated rings. The summed E-state index contributed by atoms with van der Waals surface area (Å²) in [6, 6.07) is 9.37. The van der Waals surface area contributed by atoms with Crippen molar-refractivity contribution < 1.29 is 14.3 Å². The van der Waals surface area contributed by atoms with Gasteiger partial charge in [-0.25, -0.2) is 4.85 Å². The van der Waals surface area contributed by atoms with Crippen molar-refractivity contribution in [2.75, 3.05) is 26.2 Å². The second-order valence-corrected chi connectivity index (χ2v) is 10.2. The highest BCUT2D eigenvalue weighted by Crippen LogP contribution is 2.31. The number of nitrogens with zero attached hydrogens (tertiary/aromatic N) is 4. The molecule has 36 heavy (non-hydrogen) atoms. The van der Waals surface area contributed by atoms with Crippen LogP contribution in [0.3, 0.4) is 0 Å². The van der Waals surface area contributed by atoms with Gasteiger partial charge in [-0.1, -0.05) is 12.1 Å². The van der Waals surface area contributed by atoms with E-state index in [9.17, 15) is 9.59 Å². The maximum Gasteiger partial charge on any atom is 0.305 e. The lowest BCUT2D eigenvalue weighted by Crippen LogP contribution is -2.37. The average Bonchev–Trinajstić information content (AvgIpc) is 3.16. The van der Waals surface area contributed by atoms with Crippen LogP contribution in [0, 0.1) is 19.4 Å². The first kappa shape index (κ1) is 26.1. The lowest BCUT2D eigenvalue weighted by atomic mass is 9.91. The average molecular weight is 551 g/mol. The van der Waals surface area contributed by atoms with Crippen LogP contribution < -0.4 is 0 Å². The minimum atomic E-state index is -0.113. The Morgan fingerprint density at radius 3 is 2.61 bits per heavy atom. The predicted molar refractivity (Wildman–Crippen MR) is 144 cm³/mol. The third-order valence-corrected chi connectivity index (χ3v) is 7.33. The summed E-state index contributed by atoms with van der Waals surface area (Å²) in [4.78, 5) is 35.5. The molecule has 0 bridgehead atoms. The van der Waals surface area contributed by atoms with Crippen molar-refractivity contribution in [2.24, 2.45) is 5.92 Å². The maximum atomic E-state index is 13.6. The van der Waals surface area contributed by atoms with Crippen molar-refractivity contribution in [3.8, 4) is 5.69 Å². The highest BCUT2D eigenvalue weighted by Gasteiger charge is 2.26. The number of piperidine rings is 1. The Bertz CT molecular complexity index is 1280. The van der Waals surface area contributed by atoms with Crippen LogP contribution in [0.25, 0.3) is 21.6 Å². The summed E-state index contributed by atoms with van der Waals surface area (Å²) in [5.74, 6) is 0.550. The van der Waals surface area contributed by atoms with E-state index in [2.05, 4.69) is 30.7 Å². The molecule has 2 aromatic heterocycles. The van der Waals surface area contributed by atoms with Gasteiger partial charge in [0, 0.05) is 28.5 Å². The van der Waals surface area contributed by atoms with Crippen LogP contribution in [-0.4, -0.2) is 52.4 Å². The van der Waals surface area contributed by atoms with Gasteiger partial charge in [0.15, 0.2) is 11.5 Å². The Kier molecular flexibility index (Phi) is 8.55. The molecule has 0 radical (unpaired) electrons. The van der Waals surface area contributed by atoms with Gasteiger partial charge in [0.2, 0.25) is 0 Å². The van der Waals surface area contributed by atoms with E-state index in [1.165, 1.54) is 0 Å². The van der Waals surface area contributed by atoms with Gasteiger partial charge < -0.3 is 9.30 Å². The molecule has 1 aliphatic heterocycles. The number of benzene rings is 1. The lowest BCUT2D eigenvalue weighted by molar-refractivity contribution is -0.143. The second-order valence-electron chi connectivity index (χ2n) is 9.29. The number of hydrogen-bond acceptors (Lipinski definition) is 5. The Morgan fingerprint density at radius 2 is 1.94 bits per heavy atom. The number of rotatable bonds is 9. The summed E-state index contributed by atoms with van der Waals surface area (Å²) < 4.78 is 7.90. The van der Waals surface area contributed by atoms with Crippen molar-refractivity contribution in [3.63, 3.8) is 0 Å². The smallest absolute Gasteiger partial charge is 0.305 e. The van der Waals surface area contributed by atoms with E-state index in [1.54, 1.807) is 18.3 Å². The van der Waals surface area contributed by atoms with Crippen LogP contribution >= 0.6 is 15.9 Å². The van der Waals surface area contributed by atoms with E-state index in [-0.39, 0.29) is 11.8 Å². The van der Waals surface area contributed by atoms with E-state index in [4.69, 9.17) is 11.3 Å². The summed E-state index contributed by atoms with van der Waals surface area (Å²) in [6.07, 6.45) is 6.18. The number of hydrogen-bond donors (Lipinski definition) is 0. The fraction of sp³-hybridized carbons (Fsp3) is 0.429. The van der Waals surface area contributed by atoms with Gasteiger partial charge in [0.25, 0.3) is 0 Å². The van der Waals surface area contributed by atoms with Crippen LogP contribution in [0.1, 0.15) is 55.1 Å². The Balaban J connectivity index is 1.46. The van der Waals surface area contributed by atoms with Crippen molar-refractivity contribution in [2.45, 2.75) is 46.0 Å². The number of likely N-dealkylation sites (tertiary alicyclic amines) is 1. The number of esters is 1. The predicted octanol–water partition coefficient (Wildman–Crippen LogP) is 6.28. The molecule has 0 saturated carbocycles. The van der Waals surface area contributed by atoms with Gasteiger partial charge in [-0.05, 0) is 92.7 Å². The number of halogens is 1. The van der Waals surface area contributed by atoms with Crippen molar-refractivity contribution in [1.82, 2.24) is 14.5 Å². The first-order valence-electron chi connectivity index (χ1n) is 12.5. The summed E-state index contributed by atoms with van der Waals surface area (Å²) in [5, 5.41) is 0. The number of ketones is 1. The summed E-state index contributed by atoms with van der Waals surface area (Å²) in [7, 11) is 0. The first-order valence-corrected chi connectivity index (χ1v) is 13.3. The Morgan fingerprint density at radius 1 is 1.22 bits per heavy atom. The molecular weight excluding hydrogens is 520 g/mol. The fourth-order valence-corrected chi connectivity index (χ4v) is 5.40. The molecule has 1 saturated heterocycles. The van der Waals surface area contributed by atoms with E-state index in [0.717, 1.165) is 60.1 Å². The number of Topliss-reactive ketones (excluding diaryl/α,β-unsaturated/α-hetero) is 1. The van der Waals surface area contributed by atoms with Gasteiger partial charge in [-0.3, -0.25) is 19.5 Å². The van der Waals surface area contributed by atoms with Crippen LogP contribution in [-0.2, 0) is 9.53 Å². The van der Waals surface area contributed by atoms with Gasteiger partial charge >= 0.3 is 5.97 Å². The number of ether oxygens (including phenoxy) is 1. The SMILES string of the molecule is [C-]#[N+]c1ccc(-n2c(C)c(C(=O)CN3CCC(CCCC(=O)OCC)CC3)c3ncc(Br)cc32)cc1. The summed E-state index contributed by atoms with van der Waals surface area (Å²) >= 11 is 3.52. The molecule has 8 heteroatoms. The van der Waals surface area contributed by atoms with Crippen LogP contribution in [0.5, 0.6) is 0 Å². The Labute approximate surface area is 220 Å². The molecule has 0 aliphatic carbocycles. The first-order chi connectivity index (χ1) is 17.4. The maximum absolute atomic E-state index is 13.6. The van der Waals surface area contributed by atoms with E-state index in [0.29, 0.717) is 42.3 Å². The number of aromatic nitrogens is 2. The molecule has 3 aromatic rings. The van der Waals surface area contributed by atoms with Crippen molar-refractivity contribution in [3.05, 3.63) is 63.7 Å². The fourth-order valence-electron chi connectivity index (χ4n) is 5.08. The minimum Gasteiger partial charge on any atom is -0.466 e. The number of carbonyl (C=O) groups is 2. The topological polar surface area (TPSA) is 68.8 Å². The molecule has 3 heterocycles. The molecule has 188 valence electrons. The summed E-state index contributed by atoms with van der Waals surface area (Å²) in [6.45, 7) is 13.6. The quantitative estimate of drug-likeness (QED) is 0.178. The lowest BCUT2D eigenvalue weighted by Gasteiger charge is -2.31. The number of pyridine rings is 1. The summed E-state index contributed by atoms with van der Waals surface area (Å²) in [5.41, 5.74) is 4.54. The molecule has 0 N–H and O–H groups in total. The third-order valence-electron chi connectivity index (χ3n) is 6.90. The highest BCUT2D eigenvalue weighted by molar-refractivity contribution is 9.10. The van der Waals surface area contributed by atoms with E-state index in [1.807, 2.05) is 36.6 Å². The monoisotopic (exact) mass is 550 g/mol. The molecular formula is C28H31BrN4O3. The standard InChI is InChI=1S/C28H31BrN4O3/c1-4-36-26(35)7-5-6-20-12-14-32(15-13-20)18-25(34)27-19(2)33(23-10-8-22(30-3)9-11-23)24-16-21(29)17-31-28(24)27/h8-11,16-17,20H,4-7,12-15,18H2,1-2H3. The van der Waals surface area contributed by atoms with Crippen LogP contribution in [0.2, 0.25) is 0 Å². The van der Waals surface area contributed by atoms with Crippen LogP contribution in [0.15, 0.2) is 41.0 Å². The molecule has 0 unspecified atom stereocenters. The molecule has 7 nitrogen and oxygen atoms in total. The third kappa shape index (κ3) is 5.85. The second kappa shape index (κ2) is 11.8. The zero-order valence-electron chi connectivity index (χ0n) is 20.8. The van der Waals surface area contributed by atoms with E-state index < -0.39 is 0 Å². The van der Waals surface area contributed by atoms with Crippen molar-refractivity contribution in [1.29, 1.82) is 0 Å². The van der Waals surface area contributed by atoms with E-state index >= 15 is 0 Å². The zero-order valence-corrected chi connectivity index (χ0v) is 22.4. The molecule has 1 aromatic carbocycles. The van der Waals surface area contributed by atoms with Gasteiger partial charge in [-0.15, -0.1) is 0 Å². The molecule has 0 atom stereocenters. The number of fused-ring (bicyclic) bond motifs is 1. The van der Waals surface area contributed by atoms with Crippen LogP contribution in [0.4, 0.5) is 5.69 Å². The molecule has 0 spiro atoms. The van der Waals surface area contributed by atoms with Gasteiger partial charge in [0.05, 0.1) is 36.3 Å². The normalized spacial score (nSPS) is 14.6. The molecule has 4 rings (SSSR count). The number of carbonyl (C=O) groups excluding carboxylic acids is 2. The zero-order chi connectivity index (χ0) is 25.7. The molecule has 0 amide bonds.